The molecule has 0 aliphatic carbocycles. The van der Waals surface area contributed by atoms with Crippen molar-refractivity contribution in [3.8, 4) is 5.75 Å². The highest BCUT2D eigenvalue weighted by molar-refractivity contribution is 5.27. The van der Waals surface area contributed by atoms with Gasteiger partial charge in [-0.25, -0.2) is 8.78 Å². The molecule has 78 valence electrons. The molecule has 2 N–H and O–H groups in total. The second-order valence-corrected chi connectivity index (χ2v) is 3.05. The summed E-state index contributed by atoms with van der Waals surface area (Å²) < 4.78 is 29.2. The van der Waals surface area contributed by atoms with Gasteiger partial charge in [0.25, 0.3) is 6.43 Å². The molecule has 1 aromatic carbocycles. The quantitative estimate of drug-likeness (QED) is 0.806. The largest absolute Gasteiger partial charge is 0.497 e. The molecule has 1 unspecified atom stereocenters. The SMILES string of the molecule is COc1ccc(CC(N)C(F)F)cc1. The Morgan fingerprint density at radius 1 is 1.29 bits per heavy atom. The van der Waals surface area contributed by atoms with Crippen LogP contribution in [0.5, 0.6) is 5.75 Å². The van der Waals surface area contributed by atoms with Crippen LogP contribution in [0, 0.1) is 0 Å². The number of hydrogen-bond acceptors (Lipinski definition) is 2. The van der Waals surface area contributed by atoms with Crippen molar-refractivity contribution in [3.63, 3.8) is 0 Å². The van der Waals surface area contributed by atoms with E-state index in [-0.39, 0.29) is 6.42 Å². The Morgan fingerprint density at radius 2 is 1.86 bits per heavy atom. The summed E-state index contributed by atoms with van der Waals surface area (Å²) in [5, 5.41) is 0. The Balaban J connectivity index is 2.59. The van der Waals surface area contributed by atoms with Gasteiger partial charge in [-0.3, -0.25) is 0 Å². The fourth-order valence-corrected chi connectivity index (χ4v) is 1.12. The summed E-state index contributed by atoms with van der Waals surface area (Å²) in [6.07, 6.45) is -2.29. The van der Waals surface area contributed by atoms with Crippen molar-refractivity contribution >= 4 is 0 Å². The van der Waals surface area contributed by atoms with Gasteiger partial charge in [-0.05, 0) is 24.1 Å². The van der Waals surface area contributed by atoms with E-state index in [1.807, 2.05) is 0 Å². The van der Waals surface area contributed by atoms with E-state index in [1.165, 1.54) is 0 Å². The lowest BCUT2D eigenvalue weighted by Crippen LogP contribution is -2.30. The Kier molecular flexibility index (Phi) is 3.83. The van der Waals surface area contributed by atoms with Crippen molar-refractivity contribution in [2.75, 3.05) is 7.11 Å². The predicted molar refractivity (Wildman–Crippen MR) is 50.7 cm³/mol. The van der Waals surface area contributed by atoms with Gasteiger partial charge in [0.2, 0.25) is 0 Å². The minimum atomic E-state index is -2.47. The lowest BCUT2D eigenvalue weighted by molar-refractivity contribution is 0.116. The summed E-state index contributed by atoms with van der Waals surface area (Å²) in [7, 11) is 1.56. The Hall–Kier alpha value is -1.16. The van der Waals surface area contributed by atoms with Crippen LogP contribution < -0.4 is 10.5 Å². The topological polar surface area (TPSA) is 35.2 Å². The highest BCUT2D eigenvalue weighted by atomic mass is 19.3. The zero-order valence-electron chi connectivity index (χ0n) is 7.91. The number of nitrogens with two attached hydrogens (primary N) is 1. The maximum absolute atomic E-state index is 12.1. The van der Waals surface area contributed by atoms with Crippen LogP contribution in [0.4, 0.5) is 8.78 Å². The number of benzene rings is 1. The third kappa shape index (κ3) is 2.96. The normalized spacial score (nSPS) is 12.9. The van der Waals surface area contributed by atoms with Crippen molar-refractivity contribution in [1.82, 2.24) is 0 Å². The van der Waals surface area contributed by atoms with E-state index in [4.69, 9.17) is 10.5 Å². The molecule has 0 fully saturated rings. The fourth-order valence-electron chi connectivity index (χ4n) is 1.12. The molecule has 0 amide bonds. The van der Waals surface area contributed by atoms with E-state index in [1.54, 1.807) is 31.4 Å². The van der Waals surface area contributed by atoms with Gasteiger partial charge in [0.05, 0.1) is 13.2 Å². The monoisotopic (exact) mass is 201 g/mol. The van der Waals surface area contributed by atoms with E-state index >= 15 is 0 Å². The molecule has 1 aromatic rings. The number of ether oxygens (including phenoxy) is 1. The van der Waals surface area contributed by atoms with Crippen LogP contribution >= 0.6 is 0 Å². The molecule has 0 bridgehead atoms. The van der Waals surface area contributed by atoms with Crippen LogP contribution in [0.1, 0.15) is 5.56 Å². The number of halogens is 2. The first-order valence-electron chi connectivity index (χ1n) is 4.30. The third-order valence-electron chi connectivity index (χ3n) is 1.95. The molecule has 14 heavy (non-hydrogen) atoms. The van der Waals surface area contributed by atoms with Crippen LogP contribution in [0.2, 0.25) is 0 Å². The van der Waals surface area contributed by atoms with Crippen molar-refractivity contribution in [3.05, 3.63) is 29.8 Å². The van der Waals surface area contributed by atoms with E-state index in [2.05, 4.69) is 0 Å². The molecule has 0 spiro atoms. The van der Waals surface area contributed by atoms with Crippen molar-refractivity contribution in [2.45, 2.75) is 18.9 Å². The molecule has 1 atom stereocenters. The molecule has 2 nitrogen and oxygen atoms in total. The van der Waals surface area contributed by atoms with Crippen molar-refractivity contribution in [2.24, 2.45) is 5.73 Å². The van der Waals surface area contributed by atoms with E-state index in [0.29, 0.717) is 5.75 Å². The van der Waals surface area contributed by atoms with Gasteiger partial charge in [-0.1, -0.05) is 12.1 Å². The molecular weight excluding hydrogens is 188 g/mol. The summed E-state index contributed by atoms with van der Waals surface area (Å²) in [6.45, 7) is 0. The number of hydrogen-bond donors (Lipinski definition) is 1. The zero-order valence-corrected chi connectivity index (χ0v) is 7.91. The van der Waals surface area contributed by atoms with Crippen LogP contribution in [0.25, 0.3) is 0 Å². The maximum atomic E-state index is 12.1. The molecule has 1 rings (SSSR count). The molecule has 0 aromatic heterocycles. The maximum Gasteiger partial charge on any atom is 0.253 e. The van der Waals surface area contributed by atoms with E-state index in [9.17, 15) is 8.78 Å². The second-order valence-electron chi connectivity index (χ2n) is 3.05. The first-order chi connectivity index (χ1) is 6.63. The van der Waals surface area contributed by atoms with Gasteiger partial charge < -0.3 is 10.5 Å². The molecule has 0 aliphatic heterocycles. The minimum Gasteiger partial charge on any atom is -0.497 e. The van der Waals surface area contributed by atoms with Crippen LogP contribution in [0.15, 0.2) is 24.3 Å². The van der Waals surface area contributed by atoms with Gasteiger partial charge in [-0.2, -0.15) is 0 Å². The highest BCUT2D eigenvalue weighted by Gasteiger charge is 2.15. The highest BCUT2D eigenvalue weighted by Crippen LogP contribution is 2.13. The second kappa shape index (κ2) is 4.91. The lowest BCUT2D eigenvalue weighted by atomic mass is 10.1. The standard InChI is InChI=1S/C10H13F2NO/c1-14-8-4-2-7(3-5-8)6-9(13)10(11)12/h2-5,9-10H,6,13H2,1H3. The van der Waals surface area contributed by atoms with E-state index < -0.39 is 12.5 Å². The minimum absolute atomic E-state index is 0.182. The average molecular weight is 201 g/mol. The lowest BCUT2D eigenvalue weighted by Gasteiger charge is -2.10. The number of alkyl halides is 2. The third-order valence-corrected chi connectivity index (χ3v) is 1.95. The molecule has 0 radical (unpaired) electrons. The van der Waals surface area contributed by atoms with Gasteiger partial charge in [0, 0.05) is 0 Å². The predicted octanol–water partition coefficient (Wildman–Crippen LogP) is 1.83. The van der Waals surface area contributed by atoms with E-state index in [0.717, 1.165) is 5.56 Å². The molecule has 0 saturated carbocycles. The smallest absolute Gasteiger partial charge is 0.253 e. The summed E-state index contributed by atoms with van der Waals surface area (Å²) >= 11 is 0. The Morgan fingerprint density at radius 3 is 2.29 bits per heavy atom. The van der Waals surface area contributed by atoms with Gasteiger partial charge >= 0.3 is 0 Å². The Bertz CT molecular complexity index is 274. The first-order valence-corrected chi connectivity index (χ1v) is 4.30. The van der Waals surface area contributed by atoms with Gasteiger partial charge in [0.15, 0.2) is 0 Å². The van der Waals surface area contributed by atoms with Crippen LogP contribution in [0.3, 0.4) is 0 Å². The van der Waals surface area contributed by atoms with Gasteiger partial charge in [0.1, 0.15) is 5.75 Å². The molecule has 4 heteroatoms. The Labute approximate surface area is 81.7 Å². The van der Waals surface area contributed by atoms with Gasteiger partial charge in [-0.15, -0.1) is 0 Å². The average Bonchev–Trinajstić information content (AvgIpc) is 2.19. The molecule has 0 heterocycles. The van der Waals surface area contributed by atoms with Crippen LogP contribution in [-0.4, -0.2) is 19.6 Å². The summed E-state index contributed by atoms with van der Waals surface area (Å²) in [5.74, 6) is 0.708. The zero-order chi connectivity index (χ0) is 10.6. The summed E-state index contributed by atoms with van der Waals surface area (Å²) in [5.41, 5.74) is 6.03. The molecule has 0 aliphatic rings. The summed E-state index contributed by atoms with van der Waals surface area (Å²) in [4.78, 5) is 0. The first kappa shape index (κ1) is 10.9. The van der Waals surface area contributed by atoms with Crippen molar-refractivity contribution < 1.29 is 13.5 Å². The van der Waals surface area contributed by atoms with Crippen LogP contribution in [-0.2, 0) is 6.42 Å². The molecule has 0 saturated heterocycles. The fraction of sp³-hybridized carbons (Fsp3) is 0.400. The number of methoxy groups -OCH3 is 1. The summed E-state index contributed by atoms with van der Waals surface area (Å²) in [6, 6.07) is 5.84. The van der Waals surface area contributed by atoms with Crippen molar-refractivity contribution in [1.29, 1.82) is 0 Å². The number of rotatable bonds is 4. The molecular formula is C10H13F2NO.